The van der Waals surface area contributed by atoms with Gasteiger partial charge in [0.1, 0.15) is 6.79 Å². The Morgan fingerprint density at radius 3 is 3.07 bits per heavy atom. The van der Waals surface area contributed by atoms with E-state index in [-0.39, 0.29) is 0 Å². The van der Waals surface area contributed by atoms with E-state index < -0.39 is 0 Å². The number of hydrogen-bond donors (Lipinski definition) is 0. The predicted octanol–water partition coefficient (Wildman–Crippen LogP) is 2.66. The first-order valence-electron chi connectivity index (χ1n) is 5.30. The molecule has 2 heteroatoms. The normalized spacial score (nSPS) is 31.5. The summed E-state index contributed by atoms with van der Waals surface area (Å²) in [6.07, 6.45) is 7.31. The lowest BCUT2D eigenvalue weighted by atomic mass is 9.87. The minimum Gasteiger partial charge on any atom is -0.359 e. The van der Waals surface area contributed by atoms with Crippen LogP contribution in [0.3, 0.4) is 0 Å². The Bertz CT molecular complexity index is 255. The molecule has 0 spiro atoms. The van der Waals surface area contributed by atoms with Crippen molar-refractivity contribution < 1.29 is 9.47 Å². The van der Waals surface area contributed by atoms with Gasteiger partial charge >= 0.3 is 0 Å². The van der Waals surface area contributed by atoms with E-state index in [1.54, 1.807) is 12.7 Å². The largest absolute Gasteiger partial charge is 0.359 e. The van der Waals surface area contributed by atoms with E-state index in [1.807, 2.05) is 0 Å². The lowest BCUT2D eigenvalue weighted by Gasteiger charge is -2.24. The molecule has 0 aromatic heterocycles. The maximum absolute atomic E-state index is 5.66. The summed E-state index contributed by atoms with van der Waals surface area (Å²) < 4.78 is 10.6. The summed E-state index contributed by atoms with van der Waals surface area (Å²) in [5.41, 5.74) is 2.82. The van der Waals surface area contributed by atoms with Crippen LogP contribution in [-0.2, 0) is 9.47 Å². The Balaban J connectivity index is 1.98. The zero-order valence-corrected chi connectivity index (χ0v) is 8.79. The molecule has 1 saturated carbocycles. The van der Waals surface area contributed by atoms with Gasteiger partial charge < -0.3 is 9.47 Å². The molecule has 2 atom stereocenters. The van der Waals surface area contributed by atoms with E-state index in [4.69, 9.17) is 9.47 Å². The van der Waals surface area contributed by atoms with Crippen LogP contribution in [0.5, 0.6) is 0 Å². The van der Waals surface area contributed by atoms with E-state index in [0.717, 1.165) is 12.8 Å². The molecule has 2 rings (SSSR count). The number of allylic oxidation sites excluding steroid dienone is 2. The summed E-state index contributed by atoms with van der Waals surface area (Å²) in [5, 5.41) is 0. The summed E-state index contributed by atoms with van der Waals surface area (Å²) in [6, 6.07) is 0. The molecule has 1 fully saturated rings. The highest BCUT2D eigenvalue weighted by Gasteiger charge is 2.33. The summed E-state index contributed by atoms with van der Waals surface area (Å²) in [5.74, 6) is 0.635. The van der Waals surface area contributed by atoms with Crippen molar-refractivity contribution in [1.82, 2.24) is 0 Å². The van der Waals surface area contributed by atoms with E-state index in [2.05, 4.69) is 12.7 Å². The van der Waals surface area contributed by atoms with E-state index >= 15 is 0 Å². The number of hydrogen-bond acceptors (Lipinski definition) is 2. The van der Waals surface area contributed by atoms with Gasteiger partial charge in [-0.05, 0) is 25.7 Å². The molecule has 0 aromatic rings. The molecule has 0 unspecified atom stereocenters. The fourth-order valence-corrected chi connectivity index (χ4v) is 2.51. The zero-order chi connectivity index (χ0) is 9.97. The van der Waals surface area contributed by atoms with Crippen molar-refractivity contribution in [3.05, 3.63) is 23.8 Å². The third kappa shape index (κ3) is 1.91. The fourth-order valence-electron chi connectivity index (χ4n) is 2.51. The Hall–Kier alpha value is -0.600. The first-order chi connectivity index (χ1) is 6.81. The van der Waals surface area contributed by atoms with Gasteiger partial charge in [0.25, 0.3) is 0 Å². The minimum absolute atomic E-state index is 0.384. The zero-order valence-electron chi connectivity index (χ0n) is 8.79. The van der Waals surface area contributed by atoms with Crippen LogP contribution >= 0.6 is 0 Å². The molecule has 14 heavy (non-hydrogen) atoms. The van der Waals surface area contributed by atoms with Crippen molar-refractivity contribution in [1.29, 1.82) is 0 Å². The topological polar surface area (TPSA) is 18.5 Å². The van der Waals surface area contributed by atoms with Gasteiger partial charge in [0, 0.05) is 13.0 Å². The van der Waals surface area contributed by atoms with Gasteiger partial charge in [0.2, 0.25) is 0 Å². The monoisotopic (exact) mass is 194 g/mol. The highest BCUT2D eigenvalue weighted by atomic mass is 16.7. The van der Waals surface area contributed by atoms with Crippen molar-refractivity contribution in [2.45, 2.75) is 31.8 Å². The molecular formula is C12H18O2. The number of rotatable bonds is 3. The first-order valence-corrected chi connectivity index (χ1v) is 5.30. The standard InChI is InChI=1S/C12H18O2/c1-9-3-5-11-10(7-9)4-6-12(11)14-8-13-2/h7,11-12H,1,3-6,8H2,2H3/t11-,12-/m0/s1. The summed E-state index contributed by atoms with van der Waals surface area (Å²) >= 11 is 0. The smallest absolute Gasteiger partial charge is 0.146 e. The molecule has 0 heterocycles. The molecule has 0 radical (unpaired) electrons. The maximum Gasteiger partial charge on any atom is 0.146 e. The summed E-state index contributed by atoms with van der Waals surface area (Å²) in [6.45, 7) is 4.45. The van der Waals surface area contributed by atoms with Crippen LogP contribution in [0.4, 0.5) is 0 Å². The second-order valence-corrected chi connectivity index (χ2v) is 4.17. The van der Waals surface area contributed by atoms with Gasteiger partial charge in [-0.2, -0.15) is 0 Å². The Kier molecular flexibility index (Phi) is 3.04. The minimum atomic E-state index is 0.384. The second kappa shape index (κ2) is 4.28. The van der Waals surface area contributed by atoms with Crippen LogP contribution in [0.15, 0.2) is 23.8 Å². The molecule has 78 valence electrons. The lowest BCUT2D eigenvalue weighted by molar-refractivity contribution is -0.0819. The number of ether oxygens (including phenoxy) is 2. The van der Waals surface area contributed by atoms with Gasteiger partial charge in [-0.25, -0.2) is 0 Å². The van der Waals surface area contributed by atoms with Crippen LogP contribution in [0.25, 0.3) is 0 Å². The van der Waals surface area contributed by atoms with Crippen molar-refractivity contribution >= 4 is 0 Å². The highest BCUT2D eigenvalue weighted by molar-refractivity contribution is 5.29. The van der Waals surface area contributed by atoms with E-state index in [9.17, 15) is 0 Å². The average Bonchev–Trinajstić information content (AvgIpc) is 2.57. The third-order valence-electron chi connectivity index (χ3n) is 3.21. The molecule has 0 N–H and O–H groups in total. The first kappa shape index (κ1) is 9.94. The van der Waals surface area contributed by atoms with Crippen molar-refractivity contribution in [3.8, 4) is 0 Å². The number of methoxy groups -OCH3 is 1. The molecule has 0 bridgehead atoms. The molecule has 2 aliphatic carbocycles. The second-order valence-electron chi connectivity index (χ2n) is 4.17. The summed E-state index contributed by atoms with van der Waals surface area (Å²) in [4.78, 5) is 0. The van der Waals surface area contributed by atoms with Crippen LogP contribution < -0.4 is 0 Å². The van der Waals surface area contributed by atoms with E-state index in [1.165, 1.54) is 18.4 Å². The van der Waals surface area contributed by atoms with Crippen LogP contribution in [0, 0.1) is 5.92 Å². The molecule has 2 aliphatic rings. The molecule has 0 amide bonds. The van der Waals surface area contributed by atoms with Crippen LogP contribution in [0.1, 0.15) is 25.7 Å². The molecule has 0 aliphatic heterocycles. The van der Waals surface area contributed by atoms with Crippen molar-refractivity contribution in [3.63, 3.8) is 0 Å². The van der Waals surface area contributed by atoms with Gasteiger partial charge in [0.05, 0.1) is 6.10 Å². The van der Waals surface area contributed by atoms with Gasteiger partial charge in [-0.1, -0.05) is 23.8 Å². The lowest BCUT2D eigenvalue weighted by Crippen LogP contribution is -2.21. The summed E-state index contributed by atoms with van der Waals surface area (Å²) in [7, 11) is 1.68. The van der Waals surface area contributed by atoms with Gasteiger partial charge in [-0.15, -0.1) is 0 Å². The van der Waals surface area contributed by atoms with Crippen molar-refractivity contribution in [2.24, 2.45) is 5.92 Å². The Morgan fingerprint density at radius 2 is 2.29 bits per heavy atom. The molecule has 0 aromatic carbocycles. The van der Waals surface area contributed by atoms with Crippen molar-refractivity contribution in [2.75, 3.05) is 13.9 Å². The molecule has 2 nitrogen and oxygen atoms in total. The predicted molar refractivity (Wildman–Crippen MR) is 55.9 cm³/mol. The third-order valence-corrected chi connectivity index (χ3v) is 3.21. The average molecular weight is 194 g/mol. The van der Waals surface area contributed by atoms with Crippen LogP contribution in [-0.4, -0.2) is 20.0 Å². The van der Waals surface area contributed by atoms with Gasteiger partial charge in [0.15, 0.2) is 0 Å². The maximum atomic E-state index is 5.66. The highest BCUT2D eigenvalue weighted by Crippen LogP contribution is 2.41. The number of fused-ring (bicyclic) bond motifs is 1. The molecule has 0 saturated heterocycles. The Morgan fingerprint density at radius 1 is 1.43 bits per heavy atom. The van der Waals surface area contributed by atoms with E-state index in [0.29, 0.717) is 18.8 Å². The SMILES string of the molecule is C=C1C=C2CC[C@H](OCOC)[C@H]2CC1. The quantitative estimate of drug-likeness (QED) is 0.643. The van der Waals surface area contributed by atoms with Gasteiger partial charge in [-0.3, -0.25) is 0 Å². The Labute approximate surface area is 85.6 Å². The van der Waals surface area contributed by atoms with Crippen LogP contribution in [0.2, 0.25) is 0 Å². The fraction of sp³-hybridized carbons (Fsp3) is 0.667. The molecular weight excluding hydrogens is 176 g/mol.